The third-order valence-electron chi connectivity index (χ3n) is 3.25. The number of ether oxygens (including phenoxy) is 2. The zero-order chi connectivity index (χ0) is 14.0. The van der Waals surface area contributed by atoms with E-state index in [9.17, 15) is 9.59 Å². The van der Waals surface area contributed by atoms with Crippen molar-refractivity contribution in [2.45, 2.75) is 27.1 Å². The van der Waals surface area contributed by atoms with Crippen molar-refractivity contribution in [1.82, 2.24) is 0 Å². The minimum absolute atomic E-state index is 0.0467. The first kappa shape index (κ1) is 13.3. The number of hydrogen-bond acceptors (Lipinski definition) is 4. The lowest BCUT2D eigenvalue weighted by Crippen LogP contribution is -2.37. The predicted molar refractivity (Wildman–Crippen MR) is 69.3 cm³/mol. The largest absolute Gasteiger partial charge is 0.458 e. The molecule has 2 atom stereocenters. The minimum atomic E-state index is -0.857. The van der Waals surface area contributed by atoms with Crippen molar-refractivity contribution < 1.29 is 19.1 Å². The Balaban J connectivity index is 2.12. The molecule has 1 aromatic carbocycles. The smallest absolute Gasteiger partial charge is 0.341 e. The summed E-state index contributed by atoms with van der Waals surface area (Å²) in [6.45, 7) is 5.10. The number of rotatable bonds is 2. The summed E-state index contributed by atoms with van der Waals surface area (Å²) < 4.78 is 10.8. The summed E-state index contributed by atoms with van der Waals surface area (Å²) in [5.41, 5.74) is 1.02. The van der Waals surface area contributed by atoms with Gasteiger partial charge in [0.25, 0.3) is 6.29 Å². The Labute approximate surface area is 112 Å². The fourth-order valence-electron chi connectivity index (χ4n) is 1.88. The molecule has 0 spiro atoms. The van der Waals surface area contributed by atoms with Crippen molar-refractivity contribution in [3.05, 3.63) is 47.2 Å². The number of benzene rings is 1. The summed E-state index contributed by atoms with van der Waals surface area (Å²) in [6.07, 6.45) is -0.857. The van der Waals surface area contributed by atoms with Gasteiger partial charge in [0.05, 0.1) is 11.5 Å². The number of esters is 1. The highest BCUT2D eigenvalue weighted by Gasteiger charge is 2.35. The molecule has 0 aromatic heterocycles. The third kappa shape index (κ3) is 2.67. The predicted octanol–water partition coefficient (Wildman–Crippen LogP) is 2.70. The summed E-state index contributed by atoms with van der Waals surface area (Å²) in [5.74, 6) is -0.516. The molecule has 100 valence electrons. The van der Waals surface area contributed by atoms with E-state index in [4.69, 9.17) is 9.47 Å². The summed E-state index contributed by atoms with van der Waals surface area (Å²) in [4.78, 5) is 23.9. The van der Waals surface area contributed by atoms with Crippen LogP contribution in [0, 0.1) is 5.92 Å². The Hall–Kier alpha value is -2.10. The van der Waals surface area contributed by atoms with Gasteiger partial charge < -0.3 is 9.47 Å². The van der Waals surface area contributed by atoms with Crippen molar-refractivity contribution >= 4 is 11.8 Å². The fourth-order valence-corrected chi connectivity index (χ4v) is 1.88. The Morgan fingerprint density at radius 1 is 1.21 bits per heavy atom. The monoisotopic (exact) mass is 260 g/mol. The average Bonchev–Trinajstić information content (AvgIpc) is 2.43. The van der Waals surface area contributed by atoms with Crippen LogP contribution in [0.4, 0.5) is 0 Å². The van der Waals surface area contributed by atoms with Gasteiger partial charge in [-0.05, 0) is 32.9 Å². The first-order valence-corrected chi connectivity index (χ1v) is 6.15. The second-order valence-electron chi connectivity index (χ2n) is 4.59. The van der Waals surface area contributed by atoms with Crippen LogP contribution in [0.15, 0.2) is 41.7 Å². The van der Waals surface area contributed by atoms with Gasteiger partial charge in [0.15, 0.2) is 5.78 Å². The van der Waals surface area contributed by atoms with Crippen molar-refractivity contribution in [3.63, 3.8) is 0 Å². The molecule has 1 aliphatic rings. The van der Waals surface area contributed by atoms with Gasteiger partial charge in [-0.2, -0.15) is 0 Å². The molecular formula is C15H16O4. The summed E-state index contributed by atoms with van der Waals surface area (Å²) >= 11 is 0. The molecule has 0 N–H and O–H groups in total. The summed E-state index contributed by atoms with van der Waals surface area (Å²) in [7, 11) is 0. The first-order chi connectivity index (χ1) is 9.00. The molecule has 4 heteroatoms. The van der Waals surface area contributed by atoms with Crippen molar-refractivity contribution in [2.75, 3.05) is 0 Å². The Morgan fingerprint density at radius 2 is 1.84 bits per heavy atom. The van der Waals surface area contributed by atoms with Crippen LogP contribution in [0.3, 0.4) is 0 Å². The van der Waals surface area contributed by atoms with Gasteiger partial charge in [0, 0.05) is 5.57 Å². The van der Waals surface area contributed by atoms with Gasteiger partial charge in [-0.1, -0.05) is 18.2 Å². The van der Waals surface area contributed by atoms with Gasteiger partial charge in [0.1, 0.15) is 5.76 Å². The van der Waals surface area contributed by atoms with E-state index in [-0.39, 0.29) is 5.78 Å². The molecule has 1 heterocycles. The highest BCUT2D eigenvalue weighted by molar-refractivity contribution is 5.98. The SMILES string of the molecule is CC1=C(C)C(=O)C(C)C(OC(=O)c2ccccc2)O1. The second kappa shape index (κ2) is 5.26. The summed E-state index contributed by atoms with van der Waals surface area (Å²) in [6, 6.07) is 8.64. The van der Waals surface area contributed by atoms with Gasteiger partial charge in [-0.3, -0.25) is 4.79 Å². The highest BCUT2D eigenvalue weighted by Crippen LogP contribution is 2.26. The number of ketones is 1. The van der Waals surface area contributed by atoms with Crippen LogP contribution >= 0.6 is 0 Å². The van der Waals surface area contributed by atoms with Crippen LogP contribution < -0.4 is 0 Å². The Morgan fingerprint density at radius 3 is 2.47 bits per heavy atom. The lowest BCUT2D eigenvalue weighted by Gasteiger charge is -2.29. The molecule has 0 fully saturated rings. The Bertz CT molecular complexity index is 530. The van der Waals surface area contributed by atoms with E-state index in [0.29, 0.717) is 16.9 Å². The van der Waals surface area contributed by atoms with Crippen molar-refractivity contribution in [3.8, 4) is 0 Å². The molecule has 0 amide bonds. The maximum atomic E-state index is 11.9. The molecule has 0 aliphatic carbocycles. The second-order valence-corrected chi connectivity index (χ2v) is 4.59. The van der Waals surface area contributed by atoms with E-state index in [1.54, 1.807) is 45.0 Å². The topological polar surface area (TPSA) is 52.6 Å². The molecule has 1 aliphatic heterocycles. The number of carbonyl (C=O) groups excluding carboxylic acids is 2. The molecule has 0 saturated heterocycles. The van der Waals surface area contributed by atoms with Gasteiger partial charge in [0.2, 0.25) is 0 Å². The van der Waals surface area contributed by atoms with E-state index in [0.717, 1.165) is 0 Å². The number of allylic oxidation sites excluding steroid dienone is 2. The van der Waals surface area contributed by atoms with Crippen LogP contribution in [-0.2, 0) is 14.3 Å². The van der Waals surface area contributed by atoms with Crippen LogP contribution in [-0.4, -0.2) is 18.0 Å². The normalized spacial score (nSPS) is 23.0. The van der Waals surface area contributed by atoms with Gasteiger partial charge in [-0.15, -0.1) is 0 Å². The molecule has 0 saturated carbocycles. The maximum Gasteiger partial charge on any atom is 0.341 e. The van der Waals surface area contributed by atoms with E-state index in [1.807, 2.05) is 6.07 Å². The van der Waals surface area contributed by atoms with Crippen LogP contribution in [0.25, 0.3) is 0 Å². The average molecular weight is 260 g/mol. The van der Waals surface area contributed by atoms with E-state index in [1.165, 1.54) is 0 Å². The zero-order valence-corrected chi connectivity index (χ0v) is 11.2. The van der Waals surface area contributed by atoms with Crippen LogP contribution in [0.2, 0.25) is 0 Å². The molecule has 2 unspecified atom stereocenters. The molecule has 2 rings (SSSR count). The number of Topliss-reactive ketones (excluding diaryl/α,β-unsaturated/α-hetero) is 1. The molecule has 1 aromatic rings. The molecular weight excluding hydrogens is 244 g/mol. The van der Waals surface area contributed by atoms with E-state index < -0.39 is 18.2 Å². The molecule has 19 heavy (non-hydrogen) atoms. The number of hydrogen-bond donors (Lipinski definition) is 0. The van der Waals surface area contributed by atoms with Crippen LogP contribution in [0.5, 0.6) is 0 Å². The van der Waals surface area contributed by atoms with E-state index in [2.05, 4.69) is 0 Å². The molecule has 4 nitrogen and oxygen atoms in total. The number of carbonyl (C=O) groups is 2. The van der Waals surface area contributed by atoms with E-state index >= 15 is 0 Å². The highest BCUT2D eigenvalue weighted by atomic mass is 16.7. The van der Waals surface area contributed by atoms with Crippen molar-refractivity contribution in [2.24, 2.45) is 5.92 Å². The third-order valence-corrected chi connectivity index (χ3v) is 3.25. The zero-order valence-electron chi connectivity index (χ0n) is 11.2. The quantitative estimate of drug-likeness (QED) is 0.767. The lowest BCUT2D eigenvalue weighted by molar-refractivity contribution is -0.147. The molecule has 0 radical (unpaired) electrons. The van der Waals surface area contributed by atoms with Crippen molar-refractivity contribution in [1.29, 1.82) is 0 Å². The first-order valence-electron chi connectivity index (χ1n) is 6.15. The standard InChI is InChI=1S/C15H16O4/c1-9-11(3)18-15(10(2)13(9)16)19-14(17)12-7-5-4-6-8-12/h4-8,10,15H,1-3H3. The Kier molecular flexibility index (Phi) is 3.69. The van der Waals surface area contributed by atoms with Gasteiger partial charge in [-0.25, -0.2) is 4.79 Å². The maximum absolute atomic E-state index is 11.9. The fraction of sp³-hybridized carbons (Fsp3) is 0.333. The molecule has 0 bridgehead atoms. The lowest BCUT2D eigenvalue weighted by atomic mass is 9.96. The summed E-state index contributed by atoms with van der Waals surface area (Å²) in [5, 5.41) is 0. The van der Waals surface area contributed by atoms with Gasteiger partial charge >= 0.3 is 5.97 Å². The minimum Gasteiger partial charge on any atom is -0.458 e. The van der Waals surface area contributed by atoms with Crippen LogP contribution in [0.1, 0.15) is 31.1 Å².